The Morgan fingerprint density at radius 3 is 2.15 bits per heavy atom. The number of benzene rings is 3. The van der Waals surface area contributed by atoms with E-state index in [0.717, 1.165) is 54.6 Å². The van der Waals surface area contributed by atoms with Gasteiger partial charge in [0.2, 0.25) is 0 Å². The smallest absolute Gasteiger partial charge is 0.161 e. The molecule has 1 heterocycles. The van der Waals surface area contributed by atoms with Crippen LogP contribution in [0.25, 0.3) is 0 Å². The third-order valence-corrected chi connectivity index (χ3v) is 6.74. The maximum absolute atomic E-state index is 6.03. The standard InChI is InChI=1S/C29H34O5/c1-29(20-33-19-24(29)14-22-10-12-25(30-2)27(15-22)31-3)17-23-11-13-26(28(16-23)32-4)34-18-21-8-6-5-7-9-21/h5-13,15-16,24H,14,17-20H2,1-4H3/t24-,29-/m0/s1. The SMILES string of the molecule is COc1ccc(C[C@H]2COC[C@]2(C)Cc2ccc(OCc3ccccc3)c(OC)c2)cc1OC. The highest BCUT2D eigenvalue weighted by Gasteiger charge is 2.40. The number of ether oxygens (including phenoxy) is 5. The third kappa shape index (κ3) is 5.48. The van der Waals surface area contributed by atoms with Crippen LogP contribution in [0.3, 0.4) is 0 Å². The summed E-state index contributed by atoms with van der Waals surface area (Å²) < 4.78 is 28.5. The summed E-state index contributed by atoms with van der Waals surface area (Å²) in [4.78, 5) is 0. The number of hydrogen-bond donors (Lipinski definition) is 0. The maximum atomic E-state index is 6.03. The Kier molecular flexibility index (Phi) is 7.63. The molecular weight excluding hydrogens is 428 g/mol. The van der Waals surface area contributed by atoms with Gasteiger partial charge in [-0.15, -0.1) is 0 Å². The van der Waals surface area contributed by atoms with Crippen LogP contribution in [0.2, 0.25) is 0 Å². The molecule has 0 amide bonds. The van der Waals surface area contributed by atoms with Gasteiger partial charge in [0.15, 0.2) is 23.0 Å². The fourth-order valence-electron chi connectivity index (χ4n) is 4.69. The minimum Gasteiger partial charge on any atom is -0.493 e. The van der Waals surface area contributed by atoms with Crippen molar-refractivity contribution in [3.8, 4) is 23.0 Å². The molecule has 34 heavy (non-hydrogen) atoms. The summed E-state index contributed by atoms with van der Waals surface area (Å²) in [5, 5.41) is 0. The lowest BCUT2D eigenvalue weighted by atomic mass is 9.73. The summed E-state index contributed by atoms with van der Waals surface area (Å²) in [5.74, 6) is 3.41. The predicted molar refractivity (Wildman–Crippen MR) is 133 cm³/mol. The molecule has 5 heteroatoms. The number of rotatable bonds is 10. The quantitative estimate of drug-likeness (QED) is 0.385. The zero-order chi connectivity index (χ0) is 24.0. The van der Waals surface area contributed by atoms with E-state index in [-0.39, 0.29) is 5.41 Å². The molecule has 0 aromatic heterocycles. The number of methoxy groups -OCH3 is 3. The van der Waals surface area contributed by atoms with E-state index in [0.29, 0.717) is 12.5 Å². The Morgan fingerprint density at radius 2 is 1.41 bits per heavy atom. The van der Waals surface area contributed by atoms with Gasteiger partial charge < -0.3 is 23.7 Å². The van der Waals surface area contributed by atoms with Crippen LogP contribution < -0.4 is 18.9 Å². The molecule has 1 aliphatic rings. The summed E-state index contributed by atoms with van der Waals surface area (Å²) >= 11 is 0. The molecule has 1 saturated heterocycles. The average molecular weight is 463 g/mol. The lowest BCUT2D eigenvalue weighted by Crippen LogP contribution is -2.30. The molecule has 0 spiro atoms. The summed E-state index contributed by atoms with van der Waals surface area (Å²) in [7, 11) is 5.02. The first-order chi connectivity index (χ1) is 16.5. The predicted octanol–water partition coefficient (Wildman–Crippen LogP) is 5.73. The number of hydrogen-bond acceptors (Lipinski definition) is 5. The van der Waals surface area contributed by atoms with Crippen LogP contribution in [-0.2, 0) is 24.2 Å². The lowest BCUT2D eigenvalue weighted by Gasteiger charge is -2.30. The Balaban J connectivity index is 1.46. The first-order valence-electron chi connectivity index (χ1n) is 11.7. The molecule has 3 aromatic rings. The molecule has 5 nitrogen and oxygen atoms in total. The molecule has 2 atom stereocenters. The van der Waals surface area contributed by atoms with Gasteiger partial charge in [-0.2, -0.15) is 0 Å². The molecule has 0 aliphatic carbocycles. The van der Waals surface area contributed by atoms with E-state index >= 15 is 0 Å². The van der Waals surface area contributed by atoms with Crippen molar-refractivity contribution in [2.45, 2.75) is 26.4 Å². The van der Waals surface area contributed by atoms with Crippen molar-refractivity contribution < 1.29 is 23.7 Å². The zero-order valence-corrected chi connectivity index (χ0v) is 20.5. The molecular formula is C29H34O5. The molecule has 0 radical (unpaired) electrons. The van der Waals surface area contributed by atoms with Crippen molar-refractivity contribution in [1.29, 1.82) is 0 Å². The van der Waals surface area contributed by atoms with Crippen molar-refractivity contribution >= 4 is 0 Å². The van der Waals surface area contributed by atoms with E-state index in [2.05, 4.69) is 43.3 Å². The summed E-state index contributed by atoms with van der Waals surface area (Å²) in [6, 6.07) is 22.5. The minimum absolute atomic E-state index is 0.0184. The van der Waals surface area contributed by atoms with Crippen LogP contribution in [0, 0.1) is 11.3 Å². The first kappa shape index (κ1) is 24.0. The van der Waals surface area contributed by atoms with E-state index in [9.17, 15) is 0 Å². The van der Waals surface area contributed by atoms with Gasteiger partial charge >= 0.3 is 0 Å². The lowest BCUT2D eigenvalue weighted by molar-refractivity contribution is 0.159. The largest absolute Gasteiger partial charge is 0.493 e. The molecule has 0 unspecified atom stereocenters. The second-order valence-corrected chi connectivity index (χ2v) is 9.20. The van der Waals surface area contributed by atoms with Gasteiger partial charge in [-0.1, -0.05) is 49.4 Å². The van der Waals surface area contributed by atoms with Gasteiger partial charge in [0.05, 0.1) is 34.5 Å². The van der Waals surface area contributed by atoms with E-state index < -0.39 is 0 Å². The van der Waals surface area contributed by atoms with E-state index in [1.165, 1.54) is 11.1 Å². The Bertz CT molecular complexity index is 1080. The van der Waals surface area contributed by atoms with Gasteiger partial charge in [0.25, 0.3) is 0 Å². The zero-order valence-electron chi connectivity index (χ0n) is 20.5. The molecule has 1 fully saturated rings. The fraction of sp³-hybridized carbons (Fsp3) is 0.379. The Hall–Kier alpha value is -3.18. The highest BCUT2D eigenvalue weighted by Crippen LogP contribution is 2.41. The van der Waals surface area contributed by atoms with Gasteiger partial charge in [0.1, 0.15) is 6.61 Å². The van der Waals surface area contributed by atoms with Crippen molar-refractivity contribution in [1.82, 2.24) is 0 Å². The molecule has 0 bridgehead atoms. The van der Waals surface area contributed by atoms with Crippen LogP contribution >= 0.6 is 0 Å². The van der Waals surface area contributed by atoms with Crippen molar-refractivity contribution in [2.75, 3.05) is 34.5 Å². The van der Waals surface area contributed by atoms with Gasteiger partial charge in [-0.3, -0.25) is 0 Å². The van der Waals surface area contributed by atoms with Crippen molar-refractivity contribution in [2.24, 2.45) is 11.3 Å². The van der Waals surface area contributed by atoms with Crippen LogP contribution in [0.15, 0.2) is 66.7 Å². The molecule has 180 valence electrons. The van der Waals surface area contributed by atoms with Crippen LogP contribution in [0.1, 0.15) is 23.6 Å². The molecule has 1 aliphatic heterocycles. The van der Waals surface area contributed by atoms with Crippen LogP contribution in [-0.4, -0.2) is 34.5 Å². The summed E-state index contributed by atoms with van der Waals surface area (Å²) in [6.45, 7) is 4.31. The normalized spacial score (nSPS) is 19.6. The summed E-state index contributed by atoms with van der Waals surface area (Å²) in [6.07, 6.45) is 1.83. The highest BCUT2D eigenvalue weighted by atomic mass is 16.5. The molecule has 0 saturated carbocycles. The second-order valence-electron chi connectivity index (χ2n) is 9.20. The summed E-state index contributed by atoms with van der Waals surface area (Å²) in [5.41, 5.74) is 3.59. The highest BCUT2D eigenvalue weighted by molar-refractivity contribution is 5.44. The Morgan fingerprint density at radius 1 is 0.765 bits per heavy atom. The monoisotopic (exact) mass is 462 g/mol. The van der Waals surface area contributed by atoms with E-state index in [4.69, 9.17) is 23.7 Å². The van der Waals surface area contributed by atoms with Gasteiger partial charge in [-0.05, 0) is 59.7 Å². The fourth-order valence-corrected chi connectivity index (χ4v) is 4.69. The Labute approximate surface area is 202 Å². The molecule has 3 aromatic carbocycles. The first-order valence-corrected chi connectivity index (χ1v) is 11.7. The van der Waals surface area contributed by atoms with Gasteiger partial charge in [0, 0.05) is 5.41 Å². The van der Waals surface area contributed by atoms with Gasteiger partial charge in [-0.25, -0.2) is 0 Å². The van der Waals surface area contributed by atoms with Crippen molar-refractivity contribution in [3.05, 3.63) is 83.4 Å². The van der Waals surface area contributed by atoms with Crippen molar-refractivity contribution in [3.63, 3.8) is 0 Å². The van der Waals surface area contributed by atoms with Crippen LogP contribution in [0.5, 0.6) is 23.0 Å². The average Bonchev–Trinajstić information content (AvgIpc) is 3.22. The maximum Gasteiger partial charge on any atom is 0.161 e. The van der Waals surface area contributed by atoms with E-state index in [1.807, 2.05) is 30.3 Å². The third-order valence-electron chi connectivity index (χ3n) is 6.74. The minimum atomic E-state index is 0.0184. The molecule has 4 rings (SSSR count). The van der Waals surface area contributed by atoms with E-state index in [1.54, 1.807) is 21.3 Å². The topological polar surface area (TPSA) is 46.2 Å². The second kappa shape index (κ2) is 10.8. The molecule has 0 N–H and O–H groups in total. The van der Waals surface area contributed by atoms with Crippen LogP contribution in [0.4, 0.5) is 0 Å².